The van der Waals surface area contributed by atoms with Gasteiger partial charge in [-0.05, 0) is 42.9 Å². The molecule has 0 bridgehead atoms. The maximum Gasteiger partial charge on any atom is 0.0577 e. The van der Waals surface area contributed by atoms with Gasteiger partial charge in [-0.1, -0.05) is 12.2 Å². The normalized spacial score (nSPS) is 58.8. The summed E-state index contributed by atoms with van der Waals surface area (Å²) in [7, 11) is 0. The van der Waals surface area contributed by atoms with Crippen molar-refractivity contribution in [1.29, 1.82) is 0 Å². The van der Waals surface area contributed by atoms with E-state index in [1.54, 1.807) is 0 Å². The predicted molar refractivity (Wildman–Crippen MR) is 43.0 cm³/mol. The third-order valence-electron chi connectivity index (χ3n) is 3.93. The number of aliphatic hydroxyl groups is 1. The molecule has 5 atom stereocenters. The third-order valence-corrected chi connectivity index (χ3v) is 3.93. The van der Waals surface area contributed by atoms with Crippen molar-refractivity contribution in [3.05, 3.63) is 12.2 Å². The zero-order valence-electron chi connectivity index (χ0n) is 6.61. The average molecular weight is 150 g/mol. The van der Waals surface area contributed by atoms with Crippen LogP contribution in [0.15, 0.2) is 12.2 Å². The molecule has 0 unspecified atom stereocenters. The van der Waals surface area contributed by atoms with Gasteiger partial charge in [-0.2, -0.15) is 0 Å². The van der Waals surface area contributed by atoms with Crippen molar-refractivity contribution in [1.82, 2.24) is 0 Å². The topological polar surface area (TPSA) is 20.2 Å². The second-order valence-corrected chi connectivity index (χ2v) is 4.33. The van der Waals surface area contributed by atoms with Crippen LogP contribution in [0, 0.1) is 23.7 Å². The summed E-state index contributed by atoms with van der Waals surface area (Å²) in [5.74, 6) is 3.06. The molecule has 3 aliphatic carbocycles. The number of allylic oxidation sites excluding steroid dienone is 2. The van der Waals surface area contributed by atoms with E-state index in [4.69, 9.17) is 0 Å². The Balaban J connectivity index is 1.98. The van der Waals surface area contributed by atoms with Gasteiger partial charge in [0.2, 0.25) is 0 Å². The van der Waals surface area contributed by atoms with E-state index in [9.17, 15) is 5.11 Å². The highest BCUT2D eigenvalue weighted by atomic mass is 16.3. The molecule has 3 rings (SSSR count). The van der Waals surface area contributed by atoms with Gasteiger partial charge in [0.1, 0.15) is 0 Å². The summed E-state index contributed by atoms with van der Waals surface area (Å²) >= 11 is 0. The van der Waals surface area contributed by atoms with Crippen LogP contribution < -0.4 is 0 Å². The molecule has 0 saturated heterocycles. The smallest absolute Gasteiger partial charge is 0.0577 e. The molecule has 11 heavy (non-hydrogen) atoms. The van der Waals surface area contributed by atoms with Crippen LogP contribution in [0.2, 0.25) is 0 Å². The first-order valence-electron chi connectivity index (χ1n) is 4.72. The quantitative estimate of drug-likeness (QED) is 0.520. The highest BCUT2D eigenvalue weighted by molar-refractivity contribution is 5.16. The van der Waals surface area contributed by atoms with Gasteiger partial charge in [-0.15, -0.1) is 0 Å². The summed E-state index contributed by atoms with van der Waals surface area (Å²) in [6.07, 6.45) is 8.41. The van der Waals surface area contributed by atoms with Crippen molar-refractivity contribution < 1.29 is 5.11 Å². The Labute approximate surface area is 67.1 Å². The zero-order chi connectivity index (χ0) is 7.42. The van der Waals surface area contributed by atoms with Gasteiger partial charge in [-0.25, -0.2) is 0 Å². The summed E-state index contributed by atoms with van der Waals surface area (Å²) in [4.78, 5) is 0. The molecular weight excluding hydrogens is 136 g/mol. The minimum atomic E-state index is 0.0277. The molecule has 0 aromatic rings. The Morgan fingerprint density at radius 2 is 1.91 bits per heavy atom. The Kier molecular flexibility index (Phi) is 1.07. The first kappa shape index (κ1) is 6.24. The molecule has 2 saturated carbocycles. The SMILES string of the molecule is O[C@@H]1C[C@@H]2C=C[C@@H]3CC[C@H]1[C@@H]32. The lowest BCUT2D eigenvalue weighted by Gasteiger charge is -2.14. The van der Waals surface area contributed by atoms with Crippen molar-refractivity contribution >= 4 is 0 Å². The van der Waals surface area contributed by atoms with Gasteiger partial charge in [0.05, 0.1) is 6.10 Å². The molecule has 1 N–H and O–H groups in total. The Morgan fingerprint density at radius 1 is 1.09 bits per heavy atom. The van der Waals surface area contributed by atoms with Crippen molar-refractivity contribution in [2.24, 2.45) is 23.7 Å². The van der Waals surface area contributed by atoms with Gasteiger partial charge >= 0.3 is 0 Å². The van der Waals surface area contributed by atoms with E-state index in [1.165, 1.54) is 12.8 Å². The van der Waals surface area contributed by atoms with Gasteiger partial charge in [-0.3, -0.25) is 0 Å². The van der Waals surface area contributed by atoms with Crippen LogP contribution in [-0.2, 0) is 0 Å². The van der Waals surface area contributed by atoms with Crippen molar-refractivity contribution in [3.63, 3.8) is 0 Å². The maximum atomic E-state index is 9.69. The van der Waals surface area contributed by atoms with Gasteiger partial charge in [0.15, 0.2) is 0 Å². The molecule has 0 aromatic carbocycles. The zero-order valence-corrected chi connectivity index (χ0v) is 6.61. The number of hydrogen-bond acceptors (Lipinski definition) is 1. The molecule has 2 fully saturated rings. The highest BCUT2D eigenvalue weighted by Gasteiger charge is 2.50. The Bertz CT molecular complexity index is 209. The molecule has 60 valence electrons. The molecule has 3 aliphatic rings. The molecule has 0 spiro atoms. The maximum absolute atomic E-state index is 9.69. The summed E-state index contributed by atoms with van der Waals surface area (Å²) in [6.45, 7) is 0. The summed E-state index contributed by atoms with van der Waals surface area (Å²) in [5, 5.41) is 9.69. The number of aliphatic hydroxyl groups excluding tert-OH is 1. The first-order valence-corrected chi connectivity index (χ1v) is 4.72. The van der Waals surface area contributed by atoms with Crippen LogP contribution in [0.3, 0.4) is 0 Å². The van der Waals surface area contributed by atoms with Crippen LogP contribution in [0.5, 0.6) is 0 Å². The van der Waals surface area contributed by atoms with Gasteiger partial charge in [0, 0.05) is 0 Å². The summed E-state index contributed by atoms with van der Waals surface area (Å²) < 4.78 is 0. The third kappa shape index (κ3) is 0.652. The summed E-state index contributed by atoms with van der Waals surface area (Å²) in [6, 6.07) is 0. The van der Waals surface area contributed by atoms with E-state index in [0.717, 1.165) is 24.2 Å². The van der Waals surface area contributed by atoms with Gasteiger partial charge in [0.25, 0.3) is 0 Å². The number of hydrogen-bond donors (Lipinski definition) is 1. The van der Waals surface area contributed by atoms with Crippen LogP contribution in [0.1, 0.15) is 19.3 Å². The average Bonchev–Trinajstić information content (AvgIpc) is 2.53. The molecule has 1 nitrogen and oxygen atoms in total. The highest BCUT2D eigenvalue weighted by Crippen LogP contribution is 2.54. The molecule has 0 amide bonds. The minimum absolute atomic E-state index is 0.0277. The largest absolute Gasteiger partial charge is 0.393 e. The Morgan fingerprint density at radius 3 is 2.82 bits per heavy atom. The monoisotopic (exact) mass is 150 g/mol. The van der Waals surface area contributed by atoms with Crippen LogP contribution in [0.25, 0.3) is 0 Å². The van der Waals surface area contributed by atoms with E-state index in [1.807, 2.05) is 0 Å². The fourth-order valence-electron chi connectivity index (χ4n) is 3.50. The molecule has 0 radical (unpaired) electrons. The first-order chi connectivity index (χ1) is 5.36. The lowest BCUT2D eigenvalue weighted by Crippen LogP contribution is -2.15. The van der Waals surface area contributed by atoms with Crippen molar-refractivity contribution in [3.8, 4) is 0 Å². The molecule has 1 heteroatoms. The lowest BCUT2D eigenvalue weighted by atomic mass is 9.91. The number of rotatable bonds is 0. The minimum Gasteiger partial charge on any atom is -0.393 e. The van der Waals surface area contributed by atoms with Crippen LogP contribution in [0.4, 0.5) is 0 Å². The van der Waals surface area contributed by atoms with E-state index >= 15 is 0 Å². The van der Waals surface area contributed by atoms with Gasteiger partial charge < -0.3 is 5.11 Å². The standard InChI is InChI=1S/C10H14O/c11-9-5-7-2-1-6-3-4-8(9)10(6)7/h1-2,6-11H,3-5H2/t6-,7+,8-,9-,10+/m1/s1. The van der Waals surface area contributed by atoms with E-state index in [0.29, 0.717) is 5.92 Å². The van der Waals surface area contributed by atoms with E-state index < -0.39 is 0 Å². The molecule has 0 aliphatic heterocycles. The van der Waals surface area contributed by atoms with Crippen molar-refractivity contribution in [2.45, 2.75) is 25.4 Å². The summed E-state index contributed by atoms with van der Waals surface area (Å²) in [5.41, 5.74) is 0. The fraction of sp³-hybridized carbons (Fsp3) is 0.800. The van der Waals surface area contributed by atoms with E-state index in [2.05, 4.69) is 12.2 Å². The molecular formula is C10H14O. The van der Waals surface area contributed by atoms with Crippen molar-refractivity contribution in [2.75, 3.05) is 0 Å². The second kappa shape index (κ2) is 1.89. The fourth-order valence-corrected chi connectivity index (χ4v) is 3.50. The molecule has 0 aromatic heterocycles. The lowest BCUT2D eigenvalue weighted by molar-refractivity contribution is 0.125. The second-order valence-electron chi connectivity index (χ2n) is 4.33. The molecule has 0 heterocycles. The predicted octanol–water partition coefficient (Wildman–Crippen LogP) is 1.58. The van der Waals surface area contributed by atoms with Crippen LogP contribution >= 0.6 is 0 Å². The van der Waals surface area contributed by atoms with Crippen LogP contribution in [-0.4, -0.2) is 11.2 Å². The van der Waals surface area contributed by atoms with E-state index in [-0.39, 0.29) is 6.10 Å². The Hall–Kier alpha value is -0.300.